The molecule has 1 fully saturated rings. The van der Waals surface area contributed by atoms with Gasteiger partial charge in [-0.15, -0.1) is 0 Å². The van der Waals surface area contributed by atoms with Gasteiger partial charge in [0.25, 0.3) is 0 Å². The number of aromatic nitrogens is 3. The quantitative estimate of drug-likeness (QED) is 0.737. The Morgan fingerprint density at radius 2 is 1.72 bits per heavy atom. The zero-order chi connectivity index (χ0) is 17.4. The van der Waals surface area contributed by atoms with E-state index in [2.05, 4.69) is 66.0 Å². The van der Waals surface area contributed by atoms with E-state index < -0.39 is 0 Å². The van der Waals surface area contributed by atoms with Crippen molar-refractivity contribution in [1.29, 1.82) is 0 Å². The van der Waals surface area contributed by atoms with Crippen molar-refractivity contribution in [2.75, 3.05) is 37.6 Å². The van der Waals surface area contributed by atoms with Crippen LogP contribution >= 0.6 is 0 Å². The minimum Gasteiger partial charge on any atom is -0.354 e. The number of hydrogen-bond donors (Lipinski definition) is 0. The Labute approximate surface area is 148 Å². The average Bonchev–Trinajstić information content (AvgIpc) is 3.05. The Morgan fingerprint density at radius 1 is 1.00 bits per heavy atom. The van der Waals surface area contributed by atoms with Gasteiger partial charge in [-0.05, 0) is 26.0 Å². The van der Waals surface area contributed by atoms with Crippen molar-refractivity contribution in [2.24, 2.45) is 0 Å². The van der Waals surface area contributed by atoms with Crippen LogP contribution in [0, 0.1) is 13.8 Å². The minimum atomic E-state index is 0.941. The van der Waals surface area contributed by atoms with Gasteiger partial charge in [0.15, 0.2) is 5.65 Å². The smallest absolute Gasteiger partial charge is 0.165 e. The van der Waals surface area contributed by atoms with Crippen molar-refractivity contribution in [1.82, 2.24) is 19.5 Å². The van der Waals surface area contributed by atoms with Gasteiger partial charge in [-0.25, -0.2) is 4.98 Å². The molecule has 1 aromatic carbocycles. The molecule has 0 unspecified atom stereocenters. The fourth-order valence-electron chi connectivity index (χ4n) is 3.52. The SMILES string of the molecule is CCN1CCN(c2cc(C)nc3c(-c4ccc(C)cc4)cnn23)CC1. The number of benzene rings is 1. The van der Waals surface area contributed by atoms with Crippen LogP contribution in [0.15, 0.2) is 36.5 Å². The Morgan fingerprint density at radius 3 is 2.40 bits per heavy atom. The van der Waals surface area contributed by atoms with Gasteiger partial charge in [0, 0.05) is 43.5 Å². The first-order valence-electron chi connectivity index (χ1n) is 9.05. The van der Waals surface area contributed by atoms with Crippen molar-refractivity contribution < 1.29 is 0 Å². The lowest BCUT2D eigenvalue weighted by Gasteiger charge is -2.35. The normalized spacial score (nSPS) is 15.9. The predicted octanol–water partition coefficient (Wildman–Crippen LogP) is 3.16. The van der Waals surface area contributed by atoms with E-state index in [4.69, 9.17) is 4.98 Å². The van der Waals surface area contributed by atoms with E-state index in [0.717, 1.165) is 55.4 Å². The lowest BCUT2D eigenvalue weighted by Crippen LogP contribution is -2.46. The number of rotatable bonds is 3. The standard InChI is InChI=1S/C20H25N5/c1-4-23-9-11-24(12-10-23)19-13-16(3)22-20-18(14-21-25(19)20)17-7-5-15(2)6-8-17/h5-8,13-14H,4,9-12H2,1-3H3. The van der Waals surface area contributed by atoms with E-state index in [1.165, 1.54) is 11.1 Å². The maximum atomic E-state index is 4.78. The molecule has 25 heavy (non-hydrogen) atoms. The maximum absolute atomic E-state index is 4.78. The van der Waals surface area contributed by atoms with Gasteiger partial charge in [-0.3, -0.25) is 0 Å². The molecule has 0 bridgehead atoms. The molecule has 2 aromatic heterocycles. The summed E-state index contributed by atoms with van der Waals surface area (Å²) >= 11 is 0. The second kappa shape index (κ2) is 6.48. The summed E-state index contributed by atoms with van der Waals surface area (Å²) in [6.45, 7) is 11.8. The largest absolute Gasteiger partial charge is 0.354 e. The molecule has 0 aliphatic carbocycles. The van der Waals surface area contributed by atoms with Gasteiger partial charge < -0.3 is 9.80 Å². The van der Waals surface area contributed by atoms with Gasteiger partial charge in [0.05, 0.1) is 6.20 Å². The van der Waals surface area contributed by atoms with E-state index in [-0.39, 0.29) is 0 Å². The monoisotopic (exact) mass is 335 g/mol. The Bertz CT molecular complexity index is 873. The van der Waals surface area contributed by atoms with Gasteiger partial charge >= 0.3 is 0 Å². The first-order valence-corrected chi connectivity index (χ1v) is 9.05. The van der Waals surface area contributed by atoms with E-state index >= 15 is 0 Å². The number of aryl methyl sites for hydroxylation is 2. The zero-order valence-electron chi connectivity index (χ0n) is 15.2. The van der Waals surface area contributed by atoms with Crippen LogP contribution in [0.2, 0.25) is 0 Å². The lowest BCUT2D eigenvalue weighted by atomic mass is 10.1. The van der Waals surface area contributed by atoms with Crippen LogP contribution in [-0.4, -0.2) is 52.2 Å². The van der Waals surface area contributed by atoms with Crippen molar-refractivity contribution in [3.05, 3.63) is 47.8 Å². The van der Waals surface area contributed by atoms with Crippen molar-refractivity contribution in [3.63, 3.8) is 0 Å². The summed E-state index contributed by atoms with van der Waals surface area (Å²) in [6.07, 6.45) is 1.94. The van der Waals surface area contributed by atoms with E-state index in [0.29, 0.717) is 0 Å². The molecular weight excluding hydrogens is 310 g/mol. The van der Waals surface area contributed by atoms with Crippen LogP contribution < -0.4 is 4.90 Å². The molecule has 0 N–H and O–H groups in total. The van der Waals surface area contributed by atoms with E-state index in [9.17, 15) is 0 Å². The highest BCUT2D eigenvalue weighted by molar-refractivity contribution is 5.78. The van der Waals surface area contributed by atoms with Gasteiger partial charge in [-0.2, -0.15) is 9.61 Å². The molecule has 3 heterocycles. The highest BCUT2D eigenvalue weighted by Crippen LogP contribution is 2.27. The Kier molecular flexibility index (Phi) is 4.17. The molecule has 1 saturated heterocycles. The minimum absolute atomic E-state index is 0.941. The van der Waals surface area contributed by atoms with Crippen LogP contribution in [0.1, 0.15) is 18.2 Å². The van der Waals surface area contributed by atoms with Crippen LogP contribution in [0.25, 0.3) is 16.8 Å². The molecule has 0 atom stereocenters. The summed E-state index contributed by atoms with van der Waals surface area (Å²) in [5, 5.41) is 4.67. The Balaban J connectivity index is 1.75. The predicted molar refractivity (Wildman–Crippen MR) is 102 cm³/mol. The van der Waals surface area contributed by atoms with Crippen LogP contribution in [0.3, 0.4) is 0 Å². The molecule has 5 heteroatoms. The van der Waals surface area contributed by atoms with Gasteiger partial charge in [0.2, 0.25) is 0 Å². The van der Waals surface area contributed by atoms with Crippen molar-refractivity contribution in [2.45, 2.75) is 20.8 Å². The fourth-order valence-corrected chi connectivity index (χ4v) is 3.52. The molecule has 1 aliphatic heterocycles. The van der Waals surface area contributed by atoms with Crippen molar-refractivity contribution in [3.8, 4) is 11.1 Å². The highest BCUT2D eigenvalue weighted by atomic mass is 15.4. The number of likely N-dealkylation sites (N-methyl/N-ethyl adjacent to an activating group) is 1. The molecule has 0 amide bonds. The molecule has 130 valence electrons. The highest BCUT2D eigenvalue weighted by Gasteiger charge is 2.20. The van der Waals surface area contributed by atoms with E-state index in [1.54, 1.807) is 0 Å². The summed E-state index contributed by atoms with van der Waals surface area (Å²) in [6, 6.07) is 10.7. The lowest BCUT2D eigenvalue weighted by molar-refractivity contribution is 0.270. The number of fused-ring (bicyclic) bond motifs is 1. The summed E-state index contributed by atoms with van der Waals surface area (Å²) in [5.74, 6) is 1.15. The molecule has 4 rings (SSSR count). The molecule has 5 nitrogen and oxygen atoms in total. The van der Waals surface area contributed by atoms with Gasteiger partial charge in [0.1, 0.15) is 5.82 Å². The second-order valence-electron chi connectivity index (χ2n) is 6.84. The molecule has 1 aliphatic rings. The first kappa shape index (κ1) is 16.1. The summed E-state index contributed by atoms with van der Waals surface area (Å²) < 4.78 is 2.00. The summed E-state index contributed by atoms with van der Waals surface area (Å²) in [5.41, 5.74) is 5.50. The van der Waals surface area contributed by atoms with E-state index in [1.807, 2.05) is 10.7 Å². The number of hydrogen-bond acceptors (Lipinski definition) is 4. The average molecular weight is 335 g/mol. The third-order valence-corrected chi connectivity index (χ3v) is 5.09. The zero-order valence-corrected chi connectivity index (χ0v) is 15.2. The Hall–Kier alpha value is -2.40. The summed E-state index contributed by atoms with van der Waals surface area (Å²) in [4.78, 5) is 9.70. The number of anilines is 1. The van der Waals surface area contributed by atoms with Crippen LogP contribution in [-0.2, 0) is 0 Å². The molecule has 0 spiro atoms. The third kappa shape index (κ3) is 3.00. The molecule has 0 radical (unpaired) electrons. The topological polar surface area (TPSA) is 36.7 Å². The van der Waals surface area contributed by atoms with Crippen LogP contribution in [0.5, 0.6) is 0 Å². The molecular formula is C20H25N5. The number of nitrogens with zero attached hydrogens (tertiary/aromatic N) is 5. The van der Waals surface area contributed by atoms with Gasteiger partial charge in [-0.1, -0.05) is 36.8 Å². The fraction of sp³-hybridized carbons (Fsp3) is 0.400. The van der Waals surface area contributed by atoms with Crippen molar-refractivity contribution >= 4 is 11.5 Å². The second-order valence-corrected chi connectivity index (χ2v) is 6.84. The summed E-state index contributed by atoms with van der Waals surface area (Å²) in [7, 11) is 0. The maximum Gasteiger partial charge on any atom is 0.165 e. The first-order chi connectivity index (χ1) is 12.2. The third-order valence-electron chi connectivity index (χ3n) is 5.09. The molecule has 0 saturated carbocycles. The number of piperazine rings is 1. The molecule has 3 aromatic rings. The van der Waals surface area contributed by atoms with Crippen LogP contribution in [0.4, 0.5) is 5.82 Å².